The lowest BCUT2D eigenvalue weighted by atomic mass is 9.79. The van der Waals surface area contributed by atoms with E-state index in [1.807, 2.05) is 0 Å². The fraction of sp³-hybridized carbons (Fsp3) is 0.600. The van der Waals surface area contributed by atoms with Crippen molar-refractivity contribution in [2.24, 2.45) is 11.8 Å². The number of hydrogen-bond donors (Lipinski definition) is 1. The van der Waals surface area contributed by atoms with Crippen LogP contribution in [-0.4, -0.2) is 6.04 Å². The fourth-order valence-corrected chi connectivity index (χ4v) is 3.27. The second kappa shape index (κ2) is 6.07. The summed E-state index contributed by atoms with van der Waals surface area (Å²) in [6, 6.07) is 9.26. The van der Waals surface area contributed by atoms with Gasteiger partial charge in [0.1, 0.15) is 0 Å². The molecule has 1 fully saturated rings. The normalized spacial score (nSPS) is 24.9. The molecule has 1 aromatic carbocycles. The molecule has 1 aliphatic carbocycles. The average molecular weight is 343 g/mol. The zero-order valence-corrected chi connectivity index (χ0v) is 12.9. The van der Waals surface area contributed by atoms with Crippen molar-refractivity contribution in [2.45, 2.75) is 45.6 Å². The summed E-state index contributed by atoms with van der Waals surface area (Å²) < 4.78 is 1.33. The monoisotopic (exact) mass is 343 g/mol. The van der Waals surface area contributed by atoms with Crippen molar-refractivity contribution in [1.82, 2.24) is 0 Å². The molecule has 0 unspecified atom stereocenters. The maximum absolute atomic E-state index is 3.70. The predicted molar refractivity (Wildman–Crippen MR) is 83.4 cm³/mol. The Balaban J connectivity index is 1.88. The summed E-state index contributed by atoms with van der Waals surface area (Å²) in [6.45, 7) is 4.72. The third kappa shape index (κ3) is 3.60. The second-order valence-corrected chi connectivity index (χ2v) is 6.64. The van der Waals surface area contributed by atoms with Crippen LogP contribution in [0.1, 0.15) is 39.5 Å². The minimum atomic E-state index is 0.681. The lowest BCUT2D eigenvalue weighted by molar-refractivity contribution is 0.267. The van der Waals surface area contributed by atoms with E-state index >= 15 is 0 Å². The zero-order valence-electron chi connectivity index (χ0n) is 10.7. The molecule has 17 heavy (non-hydrogen) atoms. The molecule has 0 saturated heterocycles. The Morgan fingerprint density at radius 1 is 1.12 bits per heavy atom. The fourth-order valence-electron chi connectivity index (χ4n) is 2.73. The molecule has 1 aliphatic rings. The van der Waals surface area contributed by atoms with Gasteiger partial charge in [0.2, 0.25) is 0 Å². The molecule has 1 N–H and O–H groups in total. The van der Waals surface area contributed by atoms with Crippen LogP contribution in [0.4, 0.5) is 5.69 Å². The van der Waals surface area contributed by atoms with Crippen LogP contribution in [0.2, 0.25) is 0 Å². The van der Waals surface area contributed by atoms with E-state index in [0.717, 1.165) is 11.8 Å². The highest BCUT2D eigenvalue weighted by Gasteiger charge is 2.23. The van der Waals surface area contributed by atoms with Crippen molar-refractivity contribution in [3.63, 3.8) is 0 Å². The Bertz CT molecular complexity index is 354. The summed E-state index contributed by atoms with van der Waals surface area (Å²) in [4.78, 5) is 0. The van der Waals surface area contributed by atoms with Crippen molar-refractivity contribution in [1.29, 1.82) is 0 Å². The maximum Gasteiger partial charge on any atom is 0.0478 e. The molecule has 0 amide bonds. The molecule has 2 rings (SSSR count). The lowest BCUT2D eigenvalue weighted by Crippen LogP contribution is -2.28. The van der Waals surface area contributed by atoms with Crippen LogP contribution < -0.4 is 5.32 Å². The van der Waals surface area contributed by atoms with Crippen molar-refractivity contribution in [3.05, 3.63) is 27.8 Å². The topological polar surface area (TPSA) is 12.0 Å². The molecule has 0 aromatic heterocycles. The van der Waals surface area contributed by atoms with Crippen molar-refractivity contribution >= 4 is 28.3 Å². The van der Waals surface area contributed by atoms with Crippen LogP contribution in [0.25, 0.3) is 0 Å². The Kier molecular flexibility index (Phi) is 4.71. The summed E-state index contributed by atoms with van der Waals surface area (Å²) in [6.07, 6.45) is 5.43. The number of nitrogens with one attached hydrogen (secondary N) is 1. The summed E-state index contributed by atoms with van der Waals surface area (Å²) in [5, 5.41) is 3.70. The second-order valence-electron chi connectivity index (χ2n) is 5.48. The Morgan fingerprint density at radius 3 is 2.35 bits per heavy atom. The van der Waals surface area contributed by atoms with E-state index in [1.54, 1.807) is 0 Å². The van der Waals surface area contributed by atoms with Crippen molar-refractivity contribution < 1.29 is 0 Å². The Hall–Kier alpha value is -0.250. The summed E-state index contributed by atoms with van der Waals surface area (Å²) in [5.74, 6) is 1.80. The van der Waals surface area contributed by atoms with Crippen LogP contribution in [0.15, 0.2) is 24.3 Å². The SMILES string of the molecule is CC(C)C1CCC(Nc2ccccc2I)CC1. The first-order valence-electron chi connectivity index (χ1n) is 6.68. The van der Waals surface area contributed by atoms with Gasteiger partial charge in [-0.2, -0.15) is 0 Å². The van der Waals surface area contributed by atoms with Gasteiger partial charge in [-0.15, -0.1) is 0 Å². The largest absolute Gasteiger partial charge is 0.381 e. The third-order valence-corrected chi connectivity index (χ3v) is 4.89. The van der Waals surface area contributed by atoms with Crippen LogP contribution >= 0.6 is 22.6 Å². The van der Waals surface area contributed by atoms with Gasteiger partial charge in [-0.25, -0.2) is 0 Å². The first-order valence-corrected chi connectivity index (χ1v) is 7.75. The van der Waals surface area contributed by atoms with Gasteiger partial charge in [-0.05, 0) is 72.2 Å². The van der Waals surface area contributed by atoms with Gasteiger partial charge in [-0.3, -0.25) is 0 Å². The Labute approximate surface area is 119 Å². The molecule has 0 atom stereocenters. The van der Waals surface area contributed by atoms with Gasteiger partial charge >= 0.3 is 0 Å². The summed E-state index contributed by atoms with van der Waals surface area (Å²) in [5.41, 5.74) is 1.31. The minimum absolute atomic E-state index is 0.681. The van der Waals surface area contributed by atoms with Gasteiger partial charge in [0.15, 0.2) is 0 Å². The smallest absolute Gasteiger partial charge is 0.0478 e. The van der Waals surface area contributed by atoms with E-state index in [2.05, 4.69) is 66.0 Å². The van der Waals surface area contributed by atoms with E-state index in [1.165, 1.54) is 34.9 Å². The molecule has 0 radical (unpaired) electrons. The lowest BCUT2D eigenvalue weighted by Gasteiger charge is -2.32. The van der Waals surface area contributed by atoms with Crippen LogP contribution in [-0.2, 0) is 0 Å². The maximum atomic E-state index is 3.70. The number of anilines is 1. The number of para-hydroxylation sites is 1. The highest BCUT2D eigenvalue weighted by Crippen LogP contribution is 2.31. The number of benzene rings is 1. The van der Waals surface area contributed by atoms with Gasteiger partial charge in [-0.1, -0.05) is 26.0 Å². The molecule has 0 aliphatic heterocycles. The molecule has 1 aromatic rings. The molecule has 94 valence electrons. The van der Waals surface area contributed by atoms with Crippen LogP contribution in [0.3, 0.4) is 0 Å². The zero-order chi connectivity index (χ0) is 12.3. The number of halogens is 1. The predicted octanol–water partition coefficient (Wildman–Crippen LogP) is 4.92. The third-order valence-electron chi connectivity index (χ3n) is 3.95. The number of rotatable bonds is 3. The first kappa shape index (κ1) is 13.2. The molecule has 0 heterocycles. The average Bonchev–Trinajstić information content (AvgIpc) is 2.33. The van der Waals surface area contributed by atoms with Crippen molar-refractivity contribution in [3.8, 4) is 0 Å². The van der Waals surface area contributed by atoms with Gasteiger partial charge in [0.25, 0.3) is 0 Å². The summed E-state index contributed by atoms with van der Waals surface area (Å²) in [7, 11) is 0. The molecular weight excluding hydrogens is 321 g/mol. The summed E-state index contributed by atoms with van der Waals surface area (Å²) >= 11 is 2.41. The quantitative estimate of drug-likeness (QED) is 0.769. The highest BCUT2D eigenvalue weighted by atomic mass is 127. The molecule has 0 bridgehead atoms. The van der Waals surface area contributed by atoms with Gasteiger partial charge in [0.05, 0.1) is 0 Å². The van der Waals surface area contributed by atoms with E-state index in [-0.39, 0.29) is 0 Å². The number of hydrogen-bond acceptors (Lipinski definition) is 1. The molecule has 1 saturated carbocycles. The van der Waals surface area contributed by atoms with E-state index < -0.39 is 0 Å². The first-order chi connectivity index (χ1) is 8.16. The molecule has 1 nitrogen and oxygen atoms in total. The van der Waals surface area contributed by atoms with Crippen molar-refractivity contribution in [2.75, 3.05) is 5.32 Å². The standard InChI is InChI=1S/C15H22IN/c1-11(2)12-7-9-13(10-8-12)17-15-6-4-3-5-14(15)16/h3-6,11-13,17H,7-10H2,1-2H3. The van der Waals surface area contributed by atoms with E-state index in [9.17, 15) is 0 Å². The van der Waals surface area contributed by atoms with E-state index in [4.69, 9.17) is 0 Å². The van der Waals surface area contributed by atoms with Crippen LogP contribution in [0, 0.1) is 15.4 Å². The Morgan fingerprint density at radius 2 is 1.76 bits per heavy atom. The van der Waals surface area contributed by atoms with Crippen LogP contribution in [0.5, 0.6) is 0 Å². The molecule has 2 heteroatoms. The van der Waals surface area contributed by atoms with Gasteiger partial charge in [0, 0.05) is 15.3 Å². The highest BCUT2D eigenvalue weighted by molar-refractivity contribution is 14.1. The van der Waals surface area contributed by atoms with E-state index in [0.29, 0.717) is 6.04 Å². The molecule has 0 spiro atoms. The molecular formula is C15H22IN. The van der Waals surface area contributed by atoms with Gasteiger partial charge < -0.3 is 5.32 Å². The minimum Gasteiger partial charge on any atom is -0.381 e.